The van der Waals surface area contributed by atoms with Gasteiger partial charge in [0, 0.05) is 13.2 Å². The minimum absolute atomic E-state index is 0.264. The first-order chi connectivity index (χ1) is 8.91. The van der Waals surface area contributed by atoms with Crippen LogP contribution in [-0.4, -0.2) is 35.4 Å². The van der Waals surface area contributed by atoms with E-state index in [0.717, 1.165) is 13.2 Å². The van der Waals surface area contributed by atoms with Crippen molar-refractivity contribution in [2.45, 2.75) is 26.2 Å². The third kappa shape index (κ3) is 4.71. The Morgan fingerprint density at radius 3 is 1.74 bits per heavy atom. The van der Waals surface area contributed by atoms with Crippen molar-refractivity contribution in [1.29, 1.82) is 0 Å². The molecule has 0 aliphatic heterocycles. The predicted octanol–water partition coefficient (Wildman–Crippen LogP) is 2.16. The summed E-state index contributed by atoms with van der Waals surface area (Å²) in [5, 5.41) is 17.8. The van der Waals surface area contributed by atoms with Crippen molar-refractivity contribution in [3.8, 4) is 0 Å². The fourth-order valence-corrected chi connectivity index (χ4v) is 1.31. The van der Waals surface area contributed by atoms with Gasteiger partial charge in [-0.05, 0) is 26.3 Å². The Hall–Kier alpha value is -1.88. The van der Waals surface area contributed by atoms with Crippen molar-refractivity contribution in [2.24, 2.45) is 0 Å². The summed E-state index contributed by atoms with van der Waals surface area (Å²) in [5.74, 6) is -2.73. The SMILES string of the molecule is CC(C(=O)O)(C(=O)O)c1ccccc1.CCOCC. The second-order valence-corrected chi connectivity index (χ2v) is 3.88. The average molecular weight is 268 g/mol. The lowest BCUT2D eigenvalue weighted by Gasteiger charge is -2.19. The highest BCUT2D eigenvalue weighted by Crippen LogP contribution is 2.24. The Kier molecular flexibility index (Phi) is 7.44. The summed E-state index contributed by atoms with van der Waals surface area (Å²) < 4.78 is 4.83. The van der Waals surface area contributed by atoms with Gasteiger partial charge in [0.25, 0.3) is 0 Å². The van der Waals surface area contributed by atoms with Crippen LogP contribution < -0.4 is 0 Å². The van der Waals surface area contributed by atoms with Gasteiger partial charge >= 0.3 is 11.9 Å². The maximum atomic E-state index is 10.9. The van der Waals surface area contributed by atoms with Crippen LogP contribution in [0, 0.1) is 0 Å². The van der Waals surface area contributed by atoms with Gasteiger partial charge in [0.15, 0.2) is 5.41 Å². The molecule has 0 radical (unpaired) electrons. The highest BCUT2D eigenvalue weighted by atomic mass is 16.5. The molecule has 0 aromatic heterocycles. The third-order valence-electron chi connectivity index (χ3n) is 2.61. The summed E-state index contributed by atoms with van der Waals surface area (Å²) in [6.45, 7) is 6.84. The van der Waals surface area contributed by atoms with Crippen LogP contribution in [0.2, 0.25) is 0 Å². The first-order valence-corrected chi connectivity index (χ1v) is 6.01. The molecule has 5 heteroatoms. The lowest BCUT2D eigenvalue weighted by Crippen LogP contribution is -2.40. The molecular weight excluding hydrogens is 248 g/mol. The molecule has 2 N–H and O–H groups in total. The molecule has 1 rings (SSSR count). The van der Waals surface area contributed by atoms with Gasteiger partial charge in [-0.15, -0.1) is 0 Å². The van der Waals surface area contributed by atoms with E-state index >= 15 is 0 Å². The van der Waals surface area contributed by atoms with Gasteiger partial charge in [-0.1, -0.05) is 30.3 Å². The molecule has 1 aromatic rings. The van der Waals surface area contributed by atoms with Crippen LogP contribution in [0.1, 0.15) is 26.3 Å². The Labute approximate surface area is 112 Å². The monoisotopic (exact) mass is 268 g/mol. The normalized spacial score (nSPS) is 10.3. The highest BCUT2D eigenvalue weighted by Gasteiger charge is 2.43. The molecule has 0 heterocycles. The molecule has 19 heavy (non-hydrogen) atoms. The van der Waals surface area contributed by atoms with Crippen LogP contribution in [-0.2, 0) is 19.7 Å². The quantitative estimate of drug-likeness (QED) is 0.799. The zero-order valence-electron chi connectivity index (χ0n) is 11.4. The second-order valence-electron chi connectivity index (χ2n) is 3.88. The summed E-state index contributed by atoms with van der Waals surface area (Å²) in [5.41, 5.74) is -1.61. The first kappa shape index (κ1) is 17.1. The van der Waals surface area contributed by atoms with Crippen LogP contribution in [0.5, 0.6) is 0 Å². The third-order valence-corrected chi connectivity index (χ3v) is 2.61. The van der Waals surface area contributed by atoms with Crippen LogP contribution in [0.3, 0.4) is 0 Å². The number of aliphatic carboxylic acids is 2. The van der Waals surface area contributed by atoms with Gasteiger partial charge in [-0.25, -0.2) is 0 Å². The molecule has 0 amide bonds. The van der Waals surface area contributed by atoms with E-state index in [1.807, 2.05) is 13.8 Å². The fourth-order valence-electron chi connectivity index (χ4n) is 1.31. The van der Waals surface area contributed by atoms with Gasteiger partial charge in [0.1, 0.15) is 0 Å². The number of rotatable bonds is 5. The van der Waals surface area contributed by atoms with Crippen molar-refractivity contribution in [1.82, 2.24) is 0 Å². The molecule has 106 valence electrons. The van der Waals surface area contributed by atoms with Gasteiger partial charge in [-0.2, -0.15) is 0 Å². The van der Waals surface area contributed by atoms with Crippen molar-refractivity contribution >= 4 is 11.9 Å². The minimum Gasteiger partial charge on any atom is -0.480 e. The standard InChI is InChI=1S/C10H10O4.C4H10O/c1-10(8(11)12,9(13)14)7-5-3-2-4-6-7;1-3-5-4-2/h2-6H,1H3,(H,11,12)(H,13,14);3-4H2,1-2H3. The molecule has 0 saturated heterocycles. The van der Waals surface area contributed by atoms with Crippen LogP contribution >= 0.6 is 0 Å². The molecule has 1 aromatic carbocycles. The maximum absolute atomic E-state index is 10.9. The molecule has 0 aliphatic rings. The number of hydrogen-bond acceptors (Lipinski definition) is 3. The van der Waals surface area contributed by atoms with Crippen molar-refractivity contribution in [3.63, 3.8) is 0 Å². The zero-order valence-corrected chi connectivity index (χ0v) is 11.4. The highest BCUT2D eigenvalue weighted by molar-refractivity contribution is 6.04. The van der Waals surface area contributed by atoms with Crippen LogP contribution in [0.4, 0.5) is 0 Å². The molecule has 0 atom stereocenters. The van der Waals surface area contributed by atoms with Crippen molar-refractivity contribution in [2.75, 3.05) is 13.2 Å². The molecular formula is C14H20O5. The van der Waals surface area contributed by atoms with Gasteiger partial charge in [-0.3, -0.25) is 9.59 Å². The number of benzene rings is 1. The summed E-state index contributed by atoms with van der Waals surface area (Å²) in [4.78, 5) is 21.8. The van der Waals surface area contributed by atoms with Crippen LogP contribution in [0.25, 0.3) is 0 Å². The lowest BCUT2D eigenvalue weighted by atomic mass is 9.83. The Bertz CT molecular complexity index is 384. The van der Waals surface area contributed by atoms with E-state index in [1.54, 1.807) is 18.2 Å². The minimum atomic E-state index is -1.87. The summed E-state index contributed by atoms with van der Waals surface area (Å²) >= 11 is 0. The maximum Gasteiger partial charge on any atom is 0.325 e. The molecule has 5 nitrogen and oxygen atoms in total. The number of carbonyl (C=O) groups is 2. The molecule has 0 fully saturated rings. The van der Waals surface area contributed by atoms with E-state index in [1.165, 1.54) is 19.1 Å². The molecule has 0 saturated carbocycles. The van der Waals surface area contributed by atoms with E-state index in [4.69, 9.17) is 14.9 Å². The van der Waals surface area contributed by atoms with E-state index in [9.17, 15) is 9.59 Å². The second kappa shape index (κ2) is 8.26. The fraction of sp³-hybridized carbons (Fsp3) is 0.429. The Morgan fingerprint density at radius 1 is 1.05 bits per heavy atom. The number of hydrogen-bond donors (Lipinski definition) is 2. The van der Waals surface area contributed by atoms with Gasteiger partial charge in [0.05, 0.1) is 0 Å². The van der Waals surface area contributed by atoms with Crippen molar-refractivity contribution < 1.29 is 24.5 Å². The molecule has 0 aliphatic carbocycles. The van der Waals surface area contributed by atoms with E-state index in [0.29, 0.717) is 0 Å². The summed E-state index contributed by atoms with van der Waals surface area (Å²) in [6, 6.07) is 7.90. The summed E-state index contributed by atoms with van der Waals surface area (Å²) in [6.07, 6.45) is 0. The first-order valence-electron chi connectivity index (χ1n) is 6.01. The van der Waals surface area contributed by atoms with Gasteiger partial charge in [0.2, 0.25) is 0 Å². The topological polar surface area (TPSA) is 83.8 Å². The van der Waals surface area contributed by atoms with E-state index < -0.39 is 17.4 Å². The number of ether oxygens (including phenoxy) is 1. The largest absolute Gasteiger partial charge is 0.480 e. The molecule has 0 spiro atoms. The Morgan fingerprint density at radius 2 is 1.47 bits per heavy atom. The summed E-state index contributed by atoms with van der Waals surface area (Å²) in [7, 11) is 0. The van der Waals surface area contributed by atoms with E-state index in [2.05, 4.69) is 0 Å². The molecule has 0 unspecified atom stereocenters. The van der Waals surface area contributed by atoms with Crippen molar-refractivity contribution in [3.05, 3.63) is 35.9 Å². The average Bonchev–Trinajstić information content (AvgIpc) is 2.40. The number of carboxylic acid groups (broad SMARTS) is 2. The smallest absolute Gasteiger partial charge is 0.325 e. The predicted molar refractivity (Wildman–Crippen MR) is 71.2 cm³/mol. The van der Waals surface area contributed by atoms with Crippen LogP contribution in [0.15, 0.2) is 30.3 Å². The van der Waals surface area contributed by atoms with Gasteiger partial charge < -0.3 is 14.9 Å². The lowest BCUT2D eigenvalue weighted by molar-refractivity contribution is -0.156. The molecule has 0 bridgehead atoms. The number of carboxylic acids is 2. The Balaban J connectivity index is 0.000000555. The van der Waals surface area contributed by atoms with E-state index in [-0.39, 0.29) is 5.56 Å². The zero-order chi connectivity index (χ0) is 14.9.